The lowest BCUT2D eigenvalue weighted by atomic mass is 10.1. The molecule has 0 spiro atoms. The molecule has 1 amide bonds. The third kappa shape index (κ3) is 7.95. The Morgan fingerprint density at radius 1 is 1.07 bits per heavy atom. The Morgan fingerprint density at radius 2 is 1.77 bits per heavy atom. The third-order valence-corrected chi connectivity index (χ3v) is 5.00. The van der Waals surface area contributed by atoms with Gasteiger partial charge in [0.05, 0.1) is 0 Å². The number of aliphatic imine (C=N–C) groups is 1. The maximum Gasteiger partial charge on any atom is 0.258 e. The van der Waals surface area contributed by atoms with Gasteiger partial charge in [-0.2, -0.15) is 0 Å². The predicted molar refractivity (Wildman–Crippen MR) is 121 cm³/mol. The van der Waals surface area contributed by atoms with Crippen molar-refractivity contribution in [2.45, 2.75) is 31.7 Å². The molecule has 0 saturated heterocycles. The molecule has 3 rings (SSSR count). The van der Waals surface area contributed by atoms with Crippen molar-refractivity contribution in [1.82, 2.24) is 16.0 Å². The van der Waals surface area contributed by atoms with Crippen LogP contribution in [0.25, 0.3) is 0 Å². The van der Waals surface area contributed by atoms with Gasteiger partial charge >= 0.3 is 0 Å². The summed E-state index contributed by atoms with van der Waals surface area (Å²) in [5.74, 6) is 1.43. The fourth-order valence-electron chi connectivity index (χ4n) is 2.96. The number of hydrogen-bond donors (Lipinski definition) is 3. The van der Waals surface area contributed by atoms with Crippen LogP contribution in [0, 0.1) is 0 Å². The van der Waals surface area contributed by atoms with E-state index in [0.717, 1.165) is 49.8 Å². The van der Waals surface area contributed by atoms with Gasteiger partial charge in [-0.25, -0.2) is 0 Å². The Balaban J connectivity index is 1.32. The summed E-state index contributed by atoms with van der Waals surface area (Å²) < 4.78 is 5.53. The molecule has 0 aromatic heterocycles. The molecule has 0 atom stereocenters. The van der Waals surface area contributed by atoms with Crippen molar-refractivity contribution >= 4 is 23.5 Å². The van der Waals surface area contributed by atoms with Gasteiger partial charge in [0.25, 0.3) is 5.91 Å². The zero-order valence-electron chi connectivity index (χ0n) is 17.3. The first-order valence-corrected chi connectivity index (χ1v) is 10.7. The molecule has 1 aliphatic carbocycles. The minimum Gasteiger partial charge on any atom is -0.484 e. The number of rotatable bonds is 10. The van der Waals surface area contributed by atoms with Crippen LogP contribution in [-0.4, -0.2) is 44.7 Å². The van der Waals surface area contributed by atoms with Crippen LogP contribution in [0.4, 0.5) is 0 Å². The summed E-state index contributed by atoms with van der Waals surface area (Å²) in [6.07, 6.45) is 3.89. The Hall–Kier alpha value is -2.73. The summed E-state index contributed by atoms with van der Waals surface area (Å²) in [5.41, 5.74) is 2.38. The first-order valence-electron chi connectivity index (χ1n) is 10.3. The molecule has 160 valence electrons. The molecule has 0 unspecified atom stereocenters. The molecular weight excluding hydrogens is 400 g/mol. The van der Waals surface area contributed by atoms with Crippen molar-refractivity contribution in [1.29, 1.82) is 0 Å². The predicted octanol–water partition coefficient (Wildman–Crippen LogP) is 2.95. The second-order valence-electron chi connectivity index (χ2n) is 7.33. The second-order valence-corrected chi connectivity index (χ2v) is 7.77. The minimum atomic E-state index is -0.0555. The molecule has 0 radical (unpaired) electrons. The molecule has 7 heteroatoms. The highest BCUT2D eigenvalue weighted by molar-refractivity contribution is 6.30. The lowest BCUT2D eigenvalue weighted by Crippen LogP contribution is -2.39. The van der Waals surface area contributed by atoms with Crippen molar-refractivity contribution in [2.75, 3.05) is 26.7 Å². The largest absolute Gasteiger partial charge is 0.484 e. The highest BCUT2D eigenvalue weighted by Crippen LogP contribution is 2.18. The second kappa shape index (κ2) is 11.5. The van der Waals surface area contributed by atoms with E-state index in [1.807, 2.05) is 42.5 Å². The minimum absolute atomic E-state index is 0.0555. The van der Waals surface area contributed by atoms with Gasteiger partial charge in [-0.05, 0) is 61.1 Å². The monoisotopic (exact) mass is 428 g/mol. The highest BCUT2D eigenvalue weighted by Gasteiger charge is 2.23. The quantitative estimate of drug-likeness (QED) is 0.402. The van der Waals surface area contributed by atoms with Crippen LogP contribution < -0.4 is 20.7 Å². The summed E-state index contributed by atoms with van der Waals surface area (Å²) in [4.78, 5) is 15.9. The van der Waals surface area contributed by atoms with Gasteiger partial charge in [0.1, 0.15) is 5.75 Å². The van der Waals surface area contributed by atoms with Gasteiger partial charge in [-0.15, -0.1) is 0 Å². The van der Waals surface area contributed by atoms with Crippen LogP contribution in [0.5, 0.6) is 5.75 Å². The Labute approximate surface area is 183 Å². The molecule has 0 heterocycles. The average Bonchev–Trinajstić information content (AvgIpc) is 3.56. The van der Waals surface area contributed by atoms with E-state index in [-0.39, 0.29) is 12.5 Å². The Morgan fingerprint density at radius 3 is 2.40 bits per heavy atom. The summed E-state index contributed by atoms with van der Waals surface area (Å²) in [7, 11) is 1.76. The van der Waals surface area contributed by atoms with E-state index in [9.17, 15) is 4.79 Å². The third-order valence-electron chi connectivity index (χ3n) is 4.76. The molecule has 2 aromatic carbocycles. The van der Waals surface area contributed by atoms with Gasteiger partial charge in [0, 0.05) is 31.2 Å². The fourth-order valence-corrected chi connectivity index (χ4v) is 3.17. The van der Waals surface area contributed by atoms with Crippen molar-refractivity contribution in [3.63, 3.8) is 0 Å². The number of ether oxygens (including phenoxy) is 1. The van der Waals surface area contributed by atoms with Gasteiger partial charge in [0.2, 0.25) is 0 Å². The van der Waals surface area contributed by atoms with E-state index in [1.165, 1.54) is 11.1 Å². The van der Waals surface area contributed by atoms with E-state index >= 15 is 0 Å². The lowest BCUT2D eigenvalue weighted by molar-refractivity contribution is -0.123. The zero-order valence-corrected chi connectivity index (χ0v) is 18.0. The molecule has 3 N–H and O–H groups in total. The molecule has 1 saturated carbocycles. The van der Waals surface area contributed by atoms with Crippen LogP contribution in [-0.2, 0) is 17.6 Å². The Bertz CT molecular complexity index is 851. The zero-order chi connectivity index (χ0) is 21.2. The van der Waals surface area contributed by atoms with Crippen LogP contribution in [0.3, 0.4) is 0 Å². The van der Waals surface area contributed by atoms with Crippen LogP contribution in [0.2, 0.25) is 5.02 Å². The molecule has 1 aliphatic rings. The van der Waals surface area contributed by atoms with Crippen LogP contribution >= 0.6 is 11.6 Å². The molecule has 2 aromatic rings. The lowest BCUT2D eigenvalue weighted by Gasteiger charge is -2.12. The highest BCUT2D eigenvalue weighted by atomic mass is 35.5. The van der Waals surface area contributed by atoms with Gasteiger partial charge in [-0.1, -0.05) is 35.9 Å². The number of amides is 1. The SMILES string of the molecule is CN=C(NCCc1ccc(OCC(=O)NC2CC2)cc1)NCCc1cccc(Cl)c1. The van der Waals surface area contributed by atoms with E-state index in [0.29, 0.717) is 11.8 Å². The topological polar surface area (TPSA) is 74.8 Å². The van der Waals surface area contributed by atoms with Gasteiger partial charge in [-0.3, -0.25) is 9.79 Å². The first kappa shape index (κ1) is 22.0. The number of guanidine groups is 1. The first-order chi connectivity index (χ1) is 14.6. The number of carbonyl (C=O) groups is 1. The molecule has 0 aliphatic heterocycles. The fraction of sp³-hybridized carbons (Fsp3) is 0.391. The Kier molecular flexibility index (Phi) is 8.39. The maximum absolute atomic E-state index is 11.7. The smallest absolute Gasteiger partial charge is 0.258 e. The van der Waals surface area contributed by atoms with Gasteiger partial charge in [0.15, 0.2) is 12.6 Å². The summed E-state index contributed by atoms with van der Waals surface area (Å²) in [6, 6.07) is 16.1. The molecular formula is C23H29ClN4O2. The molecule has 30 heavy (non-hydrogen) atoms. The van der Waals surface area contributed by atoms with E-state index in [4.69, 9.17) is 16.3 Å². The standard InChI is InChI=1S/C23H29ClN4O2/c1-25-23(27-14-12-18-3-2-4-19(24)15-18)26-13-11-17-5-9-21(10-6-17)30-16-22(29)28-20-7-8-20/h2-6,9-10,15,20H,7-8,11-14,16H2,1H3,(H,28,29)(H2,25,26,27). The van der Waals surface area contributed by atoms with E-state index < -0.39 is 0 Å². The van der Waals surface area contributed by atoms with Crippen molar-refractivity contribution in [2.24, 2.45) is 4.99 Å². The van der Waals surface area contributed by atoms with Crippen LogP contribution in [0.15, 0.2) is 53.5 Å². The van der Waals surface area contributed by atoms with Crippen molar-refractivity contribution in [3.05, 3.63) is 64.7 Å². The summed E-state index contributed by atoms with van der Waals surface area (Å²) in [6.45, 7) is 1.61. The number of nitrogens with one attached hydrogen (secondary N) is 3. The molecule has 0 bridgehead atoms. The van der Waals surface area contributed by atoms with E-state index in [2.05, 4.69) is 27.0 Å². The average molecular weight is 429 g/mol. The summed E-state index contributed by atoms with van der Waals surface area (Å²) in [5, 5.41) is 10.3. The molecule has 1 fully saturated rings. The van der Waals surface area contributed by atoms with Gasteiger partial charge < -0.3 is 20.7 Å². The van der Waals surface area contributed by atoms with Crippen molar-refractivity contribution < 1.29 is 9.53 Å². The van der Waals surface area contributed by atoms with E-state index in [1.54, 1.807) is 7.05 Å². The number of halogens is 1. The normalized spacial score (nSPS) is 13.6. The summed E-state index contributed by atoms with van der Waals surface area (Å²) >= 11 is 6.02. The number of benzene rings is 2. The number of nitrogens with zero attached hydrogens (tertiary/aromatic N) is 1. The van der Waals surface area contributed by atoms with Crippen molar-refractivity contribution in [3.8, 4) is 5.75 Å². The van der Waals surface area contributed by atoms with Crippen LogP contribution in [0.1, 0.15) is 24.0 Å². The number of carbonyl (C=O) groups excluding carboxylic acids is 1. The number of hydrogen-bond acceptors (Lipinski definition) is 3. The maximum atomic E-state index is 11.7. The molecule has 6 nitrogen and oxygen atoms in total.